The Morgan fingerprint density at radius 2 is 2.04 bits per heavy atom. The van der Waals surface area contributed by atoms with Crippen molar-refractivity contribution in [2.24, 2.45) is 0 Å². The molecule has 3 aromatic rings. The van der Waals surface area contributed by atoms with Gasteiger partial charge in [0.25, 0.3) is 0 Å². The van der Waals surface area contributed by atoms with E-state index in [9.17, 15) is 4.79 Å². The zero-order chi connectivity index (χ0) is 15.9. The third-order valence-electron chi connectivity index (χ3n) is 3.18. The van der Waals surface area contributed by atoms with Crippen molar-refractivity contribution in [2.75, 3.05) is 0 Å². The Kier molecular flexibility index (Phi) is 4.63. The third-order valence-corrected chi connectivity index (χ3v) is 3.18. The summed E-state index contributed by atoms with van der Waals surface area (Å²) in [6.07, 6.45) is 9.55. The van der Waals surface area contributed by atoms with Gasteiger partial charge in [-0.25, -0.2) is 4.79 Å². The summed E-state index contributed by atoms with van der Waals surface area (Å²) in [6.45, 7) is 0.525. The number of amides is 1. The summed E-state index contributed by atoms with van der Waals surface area (Å²) in [5, 5.41) is 2.70. The van der Waals surface area contributed by atoms with Crippen LogP contribution in [0.15, 0.2) is 66.0 Å². The molecule has 0 saturated carbocycles. The SMILES string of the molecule is O=C(NCc1cncc(-c2ccoc2)c1)OCc1cccnc1. The second-order valence-electron chi connectivity index (χ2n) is 4.88. The molecule has 0 fully saturated rings. The number of carbonyl (C=O) groups excluding carboxylic acids is 1. The summed E-state index contributed by atoms with van der Waals surface area (Å²) in [5.41, 5.74) is 3.59. The van der Waals surface area contributed by atoms with Crippen molar-refractivity contribution < 1.29 is 13.9 Å². The molecule has 0 bridgehead atoms. The van der Waals surface area contributed by atoms with Crippen LogP contribution in [0, 0.1) is 0 Å². The van der Waals surface area contributed by atoms with Crippen LogP contribution in [0.3, 0.4) is 0 Å². The van der Waals surface area contributed by atoms with Crippen LogP contribution in [0.1, 0.15) is 11.1 Å². The first-order valence-electron chi connectivity index (χ1n) is 7.07. The molecule has 0 aliphatic carbocycles. The van der Waals surface area contributed by atoms with Gasteiger partial charge in [0, 0.05) is 48.0 Å². The lowest BCUT2D eigenvalue weighted by atomic mass is 10.1. The molecule has 0 spiro atoms. The van der Waals surface area contributed by atoms with Crippen LogP contribution in [0.5, 0.6) is 0 Å². The zero-order valence-corrected chi connectivity index (χ0v) is 12.3. The van der Waals surface area contributed by atoms with Gasteiger partial charge in [-0.1, -0.05) is 6.07 Å². The summed E-state index contributed by atoms with van der Waals surface area (Å²) in [4.78, 5) is 19.8. The molecule has 1 amide bonds. The average molecular weight is 309 g/mol. The minimum Gasteiger partial charge on any atom is -0.472 e. The van der Waals surface area contributed by atoms with E-state index < -0.39 is 6.09 Å². The molecule has 0 aliphatic rings. The number of ether oxygens (including phenoxy) is 1. The van der Waals surface area contributed by atoms with Crippen molar-refractivity contribution in [3.8, 4) is 11.1 Å². The van der Waals surface area contributed by atoms with Gasteiger partial charge >= 0.3 is 6.09 Å². The number of aromatic nitrogens is 2. The molecule has 0 unspecified atom stereocenters. The van der Waals surface area contributed by atoms with Crippen molar-refractivity contribution in [1.82, 2.24) is 15.3 Å². The quantitative estimate of drug-likeness (QED) is 0.783. The fraction of sp³-hybridized carbons (Fsp3) is 0.118. The molecule has 6 heteroatoms. The maximum Gasteiger partial charge on any atom is 0.407 e. The molecular weight excluding hydrogens is 294 g/mol. The Morgan fingerprint density at radius 3 is 2.83 bits per heavy atom. The van der Waals surface area contributed by atoms with Crippen LogP contribution >= 0.6 is 0 Å². The molecule has 1 N–H and O–H groups in total. The molecule has 3 rings (SSSR count). The van der Waals surface area contributed by atoms with E-state index in [1.54, 1.807) is 43.4 Å². The Morgan fingerprint density at radius 1 is 1.13 bits per heavy atom. The summed E-state index contributed by atoms with van der Waals surface area (Å²) in [7, 11) is 0. The zero-order valence-electron chi connectivity index (χ0n) is 12.3. The van der Waals surface area contributed by atoms with Gasteiger partial charge in [0.15, 0.2) is 0 Å². The van der Waals surface area contributed by atoms with E-state index in [0.717, 1.165) is 22.3 Å². The summed E-state index contributed by atoms with van der Waals surface area (Å²) in [5.74, 6) is 0. The minimum atomic E-state index is -0.484. The maximum absolute atomic E-state index is 11.7. The number of carbonyl (C=O) groups is 1. The monoisotopic (exact) mass is 309 g/mol. The largest absolute Gasteiger partial charge is 0.472 e. The van der Waals surface area contributed by atoms with Crippen molar-refractivity contribution in [1.29, 1.82) is 0 Å². The first-order chi connectivity index (χ1) is 11.3. The van der Waals surface area contributed by atoms with Crippen molar-refractivity contribution in [3.05, 3.63) is 72.7 Å². The van der Waals surface area contributed by atoms with E-state index in [1.807, 2.05) is 18.2 Å². The van der Waals surface area contributed by atoms with Crippen LogP contribution < -0.4 is 5.32 Å². The fourth-order valence-electron chi connectivity index (χ4n) is 2.03. The van der Waals surface area contributed by atoms with Gasteiger partial charge in [-0.15, -0.1) is 0 Å². The smallest absolute Gasteiger partial charge is 0.407 e. The Labute approximate surface area is 133 Å². The van der Waals surface area contributed by atoms with Crippen molar-refractivity contribution in [2.45, 2.75) is 13.2 Å². The lowest BCUT2D eigenvalue weighted by molar-refractivity contribution is 0.139. The van der Waals surface area contributed by atoms with Crippen LogP contribution in [0.25, 0.3) is 11.1 Å². The number of rotatable bonds is 5. The third kappa shape index (κ3) is 4.16. The molecule has 0 aliphatic heterocycles. The topological polar surface area (TPSA) is 77.2 Å². The van der Waals surface area contributed by atoms with Gasteiger partial charge in [0.05, 0.1) is 12.5 Å². The number of hydrogen-bond donors (Lipinski definition) is 1. The first kappa shape index (κ1) is 14.8. The Balaban J connectivity index is 1.52. The van der Waals surface area contributed by atoms with Gasteiger partial charge in [-0.3, -0.25) is 9.97 Å². The van der Waals surface area contributed by atoms with Crippen LogP contribution in [-0.2, 0) is 17.9 Å². The molecule has 0 aromatic carbocycles. The average Bonchev–Trinajstić information content (AvgIpc) is 3.14. The molecule has 0 radical (unpaired) electrons. The lowest BCUT2D eigenvalue weighted by Gasteiger charge is -2.07. The number of nitrogens with one attached hydrogen (secondary N) is 1. The Hall–Kier alpha value is -3.15. The predicted molar refractivity (Wildman–Crippen MR) is 83.2 cm³/mol. The molecular formula is C17H15N3O3. The van der Waals surface area contributed by atoms with E-state index in [1.165, 1.54) is 0 Å². The number of hydrogen-bond acceptors (Lipinski definition) is 5. The maximum atomic E-state index is 11.7. The molecule has 23 heavy (non-hydrogen) atoms. The highest BCUT2D eigenvalue weighted by atomic mass is 16.5. The fourth-order valence-corrected chi connectivity index (χ4v) is 2.03. The van der Waals surface area contributed by atoms with Crippen molar-refractivity contribution in [3.63, 3.8) is 0 Å². The number of nitrogens with zero attached hydrogens (tertiary/aromatic N) is 2. The molecule has 116 valence electrons. The summed E-state index contributed by atoms with van der Waals surface area (Å²) in [6, 6.07) is 7.44. The second-order valence-corrected chi connectivity index (χ2v) is 4.88. The molecule has 0 atom stereocenters. The highest BCUT2D eigenvalue weighted by Gasteiger charge is 2.05. The van der Waals surface area contributed by atoms with Gasteiger partial charge < -0.3 is 14.5 Å². The highest BCUT2D eigenvalue weighted by Crippen LogP contribution is 2.19. The van der Waals surface area contributed by atoms with Gasteiger partial charge in [-0.05, 0) is 23.8 Å². The highest BCUT2D eigenvalue weighted by molar-refractivity contribution is 5.67. The number of furan rings is 1. The molecule has 3 aromatic heterocycles. The Bertz CT molecular complexity index is 758. The molecule has 3 heterocycles. The van der Waals surface area contributed by atoms with Gasteiger partial charge in [0.2, 0.25) is 0 Å². The summed E-state index contributed by atoms with van der Waals surface area (Å²) < 4.78 is 10.2. The molecule has 6 nitrogen and oxygen atoms in total. The predicted octanol–water partition coefficient (Wildman–Crippen LogP) is 3.16. The van der Waals surface area contributed by atoms with E-state index in [-0.39, 0.29) is 6.61 Å². The second kappa shape index (κ2) is 7.22. The summed E-state index contributed by atoms with van der Waals surface area (Å²) >= 11 is 0. The normalized spacial score (nSPS) is 10.3. The van der Waals surface area contributed by atoms with E-state index in [4.69, 9.17) is 9.15 Å². The first-order valence-corrected chi connectivity index (χ1v) is 7.07. The van der Waals surface area contributed by atoms with E-state index >= 15 is 0 Å². The van der Waals surface area contributed by atoms with Gasteiger partial charge in [0.1, 0.15) is 6.61 Å². The lowest BCUT2D eigenvalue weighted by Crippen LogP contribution is -2.23. The van der Waals surface area contributed by atoms with Crippen LogP contribution in [-0.4, -0.2) is 16.1 Å². The van der Waals surface area contributed by atoms with Crippen LogP contribution in [0.2, 0.25) is 0 Å². The van der Waals surface area contributed by atoms with Crippen molar-refractivity contribution >= 4 is 6.09 Å². The van der Waals surface area contributed by atoms with Crippen LogP contribution in [0.4, 0.5) is 4.79 Å². The van der Waals surface area contributed by atoms with E-state index in [0.29, 0.717) is 6.54 Å². The standard InChI is InChI=1S/C17H15N3O3/c21-17(23-11-13-2-1-4-18-7-13)20-9-14-6-16(10-19-8-14)15-3-5-22-12-15/h1-8,10,12H,9,11H2,(H,20,21). The number of alkyl carbamates (subject to hydrolysis) is 1. The molecule has 0 saturated heterocycles. The minimum absolute atomic E-state index is 0.187. The van der Waals surface area contributed by atoms with Gasteiger partial charge in [-0.2, -0.15) is 0 Å². The number of pyridine rings is 2. The van der Waals surface area contributed by atoms with E-state index in [2.05, 4.69) is 15.3 Å².